The van der Waals surface area contributed by atoms with Crippen molar-refractivity contribution in [2.75, 3.05) is 6.54 Å². The van der Waals surface area contributed by atoms with Crippen LogP contribution in [0.2, 0.25) is 5.02 Å². The fourth-order valence-electron chi connectivity index (χ4n) is 1.97. The highest BCUT2D eigenvalue weighted by molar-refractivity contribution is 6.30. The van der Waals surface area contributed by atoms with Crippen LogP contribution < -0.4 is 5.32 Å². The second-order valence-corrected chi connectivity index (χ2v) is 5.38. The molecule has 114 valence electrons. The van der Waals surface area contributed by atoms with Crippen LogP contribution in [0.25, 0.3) is 0 Å². The van der Waals surface area contributed by atoms with Gasteiger partial charge in [-0.1, -0.05) is 29.8 Å². The van der Waals surface area contributed by atoms with Gasteiger partial charge in [0.05, 0.1) is 11.7 Å². The van der Waals surface area contributed by atoms with Gasteiger partial charge in [-0.2, -0.15) is 0 Å². The van der Waals surface area contributed by atoms with E-state index in [-0.39, 0.29) is 23.8 Å². The molecule has 0 spiro atoms. The monoisotopic (exact) mass is 317 g/mol. The van der Waals surface area contributed by atoms with Crippen LogP contribution in [0, 0.1) is 0 Å². The second kappa shape index (κ2) is 7.20. The maximum absolute atomic E-state index is 12.5. The van der Waals surface area contributed by atoms with E-state index in [1.54, 1.807) is 55.5 Å². The molecule has 0 bridgehead atoms. The molecule has 2 aromatic carbocycles. The number of hydrogen-bond donors (Lipinski definition) is 2. The molecule has 22 heavy (non-hydrogen) atoms. The van der Waals surface area contributed by atoms with Crippen molar-refractivity contribution in [3.05, 3.63) is 70.2 Å². The summed E-state index contributed by atoms with van der Waals surface area (Å²) >= 11 is 5.82. The lowest BCUT2D eigenvalue weighted by Gasteiger charge is -2.10. The van der Waals surface area contributed by atoms with Crippen LogP contribution in [0.15, 0.2) is 48.5 Å². The number of aliphatic hydroxyl groups excluding tert-OH is 1. The van der Waals surface area contributed by atoms with E-state index in [9.17, 15) is 14.7 Å². The van der Waals surface area contributed by atoms with Gasteiger partial charge in [-0.05, 0) is 37.3 Å². The molecule has 0 aromatic heterocycles. The fourth-order valence-corrected chi connectivity index (χ4v) is 2.10. The SMILES string of the molecule is C[C@@H](O)CNC(=O)c1ccccc1C(=O)c1ccc(Cl)cc1. The molecule has 0 aliphatic carbocycles. The van der Waals surface area contributed by atoms with E-state index >= 15 is 0 Å². The third-order valence-electron chi connectivity index (χ3n) is 3.08. The smallest absolute Gasteiger partial charge is 0.252 e. The number of benzene rings is 2. The minimum absolute atomic E-state index is 0.127. The molecule has 0 unspecified atom stereocenters. The van der Waals surface area contributed by atoms with Crippen molar-refractivity contribution in [1.29, 1.82) is 0 Å². The number of amides is 1. The minimum atomic E-state index is -0.650. The lowest BCUT2D eigenvalue weighted by Crippen LogP contribution is -2.31. The van der Waals surface area contributed by atoms with Crippen molar-refractivity contribution in [2.24, 2.45) is 0 Å². The van der Waals surface area contributed by atoms with Crippen LogP contribution in [0.4, 0.5) is 0 Å². The Morgan fingerprint density at radius 2 is 1.68 bits per heavy atom. The Hall–Kier alpha value is -2.17. The van der Waals surface area contributed by atoms with Crippen LogP contribution in [0.5, 0.6) is 0 Å². The maximum Gasteiger partial charge on any atom is 0.252 e. The van der Waals surface area contributed by atoms with E-state index in [2.05, 4.69) is 5.32 Å². The number of halogens is 1. The first-order valence-corrected chi connectivity index (χ1v) is 7.22. The zero-order valence-electron chi connectivity index (χ0n) is 12.0. The van der Waals surface area contributed by atoms with Crippen molar-refractivity contribution < 1.29 is 14.7 Å². The maximum atomic E-state index is 12.5. The first-order valence-electron chi connectivity index (χ1n) is 6.84. The highest BCUT2D eigenvalue weighted by Gasteiger charge is 2.18. The van der Waals surface area contributed by atoms with Gasteiger partial charge in [-0.3, -0.25) is 9.59 Å². The van der Waals surface area contributed by atoms with Gasteiger partial charge in [0, 0.05) is 22.7 Å². The van der Waals surface area contributed by atoms with Gasteiger partial charge in [0.15, 0.2) is 5.78 Å². The molecule has 1 atom stereocenters. The number of aliphatic hydroxyl groups is 1. The van der Waals surface area contributed by atoms with Crippen LogP contribution in [0.3, 0.4) is 0 Å². The molecule has 1 amide bonds. The summed E-state index contributed by atoms with van der Waals surface area (Å²) in [5.74, 6) is -0.640. The highest BCUT2D eigenvalue weighted by Crippen LogP contribution is 2.17. The minimum Gasteiger partial charge on any atom is -0.392 e. The average molecular weight is 318 g/mol. The third-order valence-corrected chi connectivity index (χ3v) is 3.33. The summed E-state index contributed by atoms with van der Waals surface area (Å²) in [5, 5.41) is 12.4. The molecule has 2 rings (SSSR count). The molecule has 2 N–H and O–H groups in total. The lowest BCUT2D eigenvalue weighted by molar-refractivity contribution is 0.0915. The molecular formula is C17H16ClNO3. The predicted molar refractivity (Wildman–Crippen MR) is 85.3 cm³/mol. The zero-order chi connectivity index (χ0) is 16.1. The van der Waals surface area contributed by atoms with E-state index in [4.69, 9.17) is 11.6 Å². The molecule has 0 saturated heterocycles. The highest BCUT2D eigenvalue weighted by atomic mass is 35.5. The zero-order valence-corrected chi connectivity index (χ0v) is 12.8. The van der Waals surface area contributed by atoms with Crippen LogP contribution in [0.1, 0.15) is 33.2 Å². The van der Waals surface area contributed by atoms with Crippen LogP contribution in [-0.4, -0.2) is 29.4 Å². The number of carbonyl (C=O) groups is 2. The van der Waals surface area contributed by atoms with Crippen LogP contribution in [-0.2, 0) is 0 Å². The molecule has 4 nitrogen and oxygen atoms in total. The summed E-state index contributed by atoms with van der Waals surface area (Å²) in [5.41, 5.74) is 1.05. The largest absolute Gasteiger partial charge is 0.392 e. The Balaban J connectivity index is 2.29. The van der Waals surface area contributed by atoms with Crippen molar-refractivity contribution in [3.8, 4) is 0 Å². The van der Waals surface area contributed by atoms with Crippen molar-refractivity contribution in [1.82, 2.24) is 5.32 Å². The Morgan fingerprint density at radius 3 is 2.27 bits per heavy atom. The summed E-state index contributed by atoms with van der Waals surface area (Å²) < 4.78 is 0. The number of carbonyl (C=O) groups excluding carboxylic acids is 2. The van der Waals surface area contributed by atoms with Gasteiger partial charge in [-0.15, -0.1) is 0 Å². The number of rotatable bonds is 5. The fraction of sp³-hybridized carbons (Fsp3) is 0.176. The quantitative estimate of drug-likeness (QED) is 0.833. The molecule has 2 aromatic rings. The van der Waals surface area contributed by atoms with Gasteiger partial charge in [0.1, 0.15) is 0 Å². The summed E-state index contributed by atoms with van der Waals surface area (Å²) in [4.78, 5) is 24.7. The van der Waals surface area contributed by atoms with E-state index < -0.39 is 6.10 Å². The number of hydrogen-bond acceptors (Lipinski definition) is 3. The molecule has 5 heteroatoms. The third kappa shape index (κ3) is 3.93. The first-order chi connectivity index (χ1) is 10.5. The van der Waals surface area contributed by atoms with E-state index in [0.29, 0.717) is 16.1 Å². The summed E-state index contributed by atoms with van der Waals surface area (Å²) in [7, 11) is 0. The van der Waals surface area contributed by atoms with Crippen molar-refractivity contribution in [3.63, 3.8) is 0 Å². The molecule has 0 saturated carbocycles. The van der Waals surface area contributed by atoms with Crippen molar-refractivity contribution in [2.45, 2.75) is 13.0 Å². The summed E-state index contributed by atoms with van der Waals surface area (Å²) in [6.45, 7) is 1.70. The molecule has 0 fully saturated rings. The first kappa shape index (κ1) is 16.2. The Bertz CT molecular complexity index is 681. The van der Waals surface area contributed by atoms with Gasteiger partial charge < -0.3 is 10.4 Å². The van der Waals surface area contributed by atoms with E-state index in [0.717, 1.165) is 0 Å². The van der Waals surface area contributed by atoms with E-state index in [1.807, 2.05) is 0 Å². The predicted octanol–water partition coefficient (Wildman–Crippen LogP) is 2.68. The van der Waals surface area contributed by atoms with Crippen LogP contribution >= 0.6 is 11.6 Å². The number of ketones is 1. The standard InChI is InChI=1S/C17H16ClNO3/c1-11(20)10-19-17(22)15-5-3-2-4-14(15)16(21)12-6-8-13(18)9-7-12/h2-9,11,20H,10H2,1H3,(H,19,22)/t11-/m1/s1. The molecule has 0 heterocycles. The van der Waals surface area contributed by atoms with Gasteiger partial charge in [0.25, 0.3) is 5.91 Å². The number of nitrogens with one attached hydrogen (secondary N) is 1. The summed E-state index contributed by atoms with van der Waals surface area (Å²) in [6, 6.07) is 13.1. The van der Waals surface area contributed by atoms with Gasteiger partial charge in [-0.25, -0.2) is 0 Å². The van der Waals surface area contributed by atoms with Crippen molar-refractivity contribution >= 4 is 23.3 Å². The van der Waals surface area contributed by atoms with E-state index in [1.165, 1.54) is 0 Å². The molecule has 0 aliphatic rings. The topological polar surface area (TPSA) is 66.4 Å². The molecular weight excluding hydrogens is 302 g/mol. The summed E-state index contributed by atoms with van der Waals surface area (Å²) in [6.07, 6.45) is -0.650. The second-order valence-electron chi connectivity index (χ2n) is 4.94. The van der Waals surface area contributed by atoms with Gasteiger partial charge in [0.2, 0.25) is 0 Å². The Kier molecular flexibility index (Phi) is 5.31. The average Bonchev–Trinajstić information content (AvgIpc) is 2.52. The molecule has 0 aliphatic heterocycles. The Morgan fingerprint density at radius 1 is 1.09 bits per heavy atom. The molecule has 0 radical (unpaired) electrons. The lowest BCUT2D eigenvalue weighted by atomic mass is 9.98. The Labute approximate surface area is 133 Å². The normalized spacial score (nSPS) is 11.8. The van der Waals surface area contributed by atoms with Gasteiger partial charge >= 0.3 is 0 Å².